The standard InChI is InChI=1S/C21H20N6O4S/c1-30-14-8-5-12(9-15(14)31-2)25-19(29)17(11-3-6-13(28)7-4-11)32-20-16-18(24-10-23-16)26-21(22)27-20/h3-10,17,28H,1-2H3,(H,25,29)(H3,22,23,24,26,27)/t17-/m0/s1. The minimum Gasteiger partial charge on any atom is -0.508 e. The van der Waals surface area contributed by atoms with E-state index in [2.05, 4.69) is 25.3 Å². The number of aromatic amines is 1. The predicted molar refractivity (Wildman–Crippen MR) is 121 cm³/mol. The third-order valence-electron chi connectivity index (χ3n) is 4.58. The number of nitrogen functional groups attached to an aromatic ring is 1. The summed E-state index contributed by atoms with van der Waals surface area (Å²) in [6, 6.07) is 11.5. The lowest BCUT2D eigenvalue weighted by molar-refractivity contribution is -0.115. The SMILES string of the molecule is COc1ccc(NC(=O)[C@@H](Sc2nc(N)nc3nc[nH]c23)c2ccc(O)cc2)cc1OC. The van der Waals surface area contributed by atoms with Gasteiger partial charge in [-0.2, -0.15) is 4.98 Å². The average molecular weight is 452 g/mol. The zero-order valence-electron chi connectivity index (χ0n) is 17.2. The highest BCUT2D eigenvalue weighted by Gasteiger charge is 2.25. The quantitative estimate of drug-likeness (QED) is 0.245. The van der Waals surface area contributed by atoms with E-state index in [0.717, 1.165) is 0 Å². The van der Waals surface area contributed by atoms with E-state index in [1.165, 1.54) is 44.4 Å². The van der Waals surface area contributed by atoms with Gasteiger partial charge in [-0.05, 0) is 29.8 Å². The molecule has 0 radical (unpaired) electrons. The number of phenols is 1. The largest absolute Gasteiger partial charge is 0.508 e. The van der Waals surface area contributed by atoms with Crippen LogP contribution in [-0.2, 0) is 4.79 Å². The Bertz CT molecular complexity index is 1260. The molecule has 1 atom stereocenters. The van der Waals surface area contributed by atoms with E-state index in [1.807, 2.05) is 0 Å². The number of nitrogens with zero attached hydrogens (tertiary/aromatic N) is 3. The van der Waals surface area contributed by atoms with Crippen molar-refractivity contribution in [2.24, 2.45) is 0 Å². The maximum Gasteiger partial charge on any atom is 0.242 e. The molecule has 10 nitrogen and oxygen atoms in total. The van der Waals surface area contributed by atoms with Crippen molar-refractivity contribution in [3.8, 4) is 17.2 Å². The molecule has 0 saturated heterocycles. The Morgan fingerprint density at radius 1 is 1.12 bits per heavy atom. The van der Waals surface area contributed by atoms with E-state index < -0.39 is 5.25 Å². The third kappa shape index (κ3) is 4.37. The molecule has 1 amide bonds. The molecule has 32 heavy (non-hydrogen) atoms. The summed E-state index contributed by atoms with van der Waals surface area (Å²) in [5.74, 6) is 0.879. The highest BCUT2D eigenvalue weighted by Crippen LogP contribution is 2.39. The van der Waals surface area contributed by atoms with Crippen LogP contribution in [0.3, 0.4) is 0 Å². The van der Waals surface area contributed by atoms with Gasteiger partial charge >= 0.3 is 0 Å². The monoisotopic (exact) mass is 452 g/mol. The maximum absolute atomic E-state index is 13.3. The molecule has 0 saturated carbocycles. The number of nitrogens with one attached hydrogen (secondary N) is 2. The predicted octanol–water partition coefficient (Wildman–Crippen LogP) is 3.13. The number of rotatable bonds is 7. The van der Waals surface area contributed by atoms with Gasteiger partial charge in [0.15, 0.2) is 17.1 Å². The number of carbonyl (C=O) groups excluding carboxylic acids is 1. The fraction of sp³-hybridized carbons (Fsp3) is 0.143. The Hall–Kier alpha value is -3.99. The molecule has 4 rings (SSSR count). The number of hydrogen-bond acceptors (Lipinski definition) is 9. The van der Waals surface area contributed by atoms with E-state index in [1.54, 1.807) is 30.3 Å². The number of methoxy groups -OCH3 is 2. The summed E-state index contributed by atoms with van der Waals surface area (Å²) >= 11 is 1.19. The molecule has 5 N–H and O–H groups in total. The normalized spacial score (nSPS) is 11.8. The highest BCUT2D eigenvalue weighted by atomic mass is 32.2. The molecule has 0 spiro atoms. The number of H-pyrrole nitrogens is 1. The molecule has 2 heterocycles. The number of aromatic nitrogens is 4. The van der Waals surface area contributed by atoms with Crippen LogP contribution < -0.4 is 20.5 Å². The van der Waals surface area contributed by atoms with Crippen molar-refractivity contribution in [3.63, 3.8) is 0 Å². The molecular formula is C21H20N6O4S. The number of fused-ring (bicyclic) bond motifs is 1. The first-order valence-corrected chi connectivity index (χ1v) is 10.3. The van der Waals surface area contributed by atoms with Crippen LogP contribution >= 0.6 is 11.8 Å². The summed E-state index contributed by atoms with van der Waals surface area (Å²) in [6.45, 7) is 0. The minimum absolute atomic E-state index is 0.0526. The summed E-state index contributed by atoms with van der Waals surface area (Å²) in [7, 11) is 3.06. The molecule has 0 aliphatic heterocycles. The molecule has 0 aliphatic rings. The highest BCUT2D eigenvalue weighted by molar-refractivity contribution is 8.00. The molecule has 4 aromatic rings. The van der Waals surface area contributed by atoms with Crippen LogP contribution in [0.25, 0.3) is 11.2 Å². The van der Waals surface area contributed by atoms with Crippen molar-refractivity contribution < 1.29 is 19.4 Å². The van der Waals surface area contributed by atoms with E-state index in [4.69, 9.17) is 15.2 Å². The van der Waals surface area contributed by atoms with Gasteiger partial charge in [-0.3, -0.25) is 4.79 Å². The van der Waals surface area contributed by atoms with E-state index in [9.17, 15) is 9.90 Å². The third-order valence-corrected chi connectivity index (χ3v) is 5.82. The molecule has 0 bridgehead atoms. The van der Waals surface area contributed by atoms with Crippen LogP contribution in [0, 0.1) is 0 Å². The van der Waals surface area contributed by atoms with Gasteiger partial charge in [0.05, 0.1) is 20.5 Å². The first kappa shape index (κ1) is 21.2. The number of benzene rings is 2. The Labute approximate surface area is 187 Å². The van der Waals surface area contributed by atoms with E-state index in [-0.39, 0.29) is 17.6 Å². The second-order valence-electron chi connectivity index (χ2n) is 6.64. The second kappa shape index (κ2) is 9.02. The number of ether oxygens (including phenoxy) is 2. The van der Waals surface area contributed by atoms with Crippen LogP contribution in [0.4, 0.5) is 11.6 Å². The van der Waals surface area contributed by atoms with Gasteiger partial charge in [-0.15, -0.1) is 0 Å². The summed E-state index contributed by atoms with van der Waals surface area (Å²) in [5, 5.41) is 12.3. The molecule has 164 valence electrons. The fourth-order valence-corrected chi connectivity index (χ4v) is 4.16. The number of amides is 1. The molecule has 0 aliphatic carbocycles. The second-order valence-corrected chi connectivity index (χ2v) is 7.73. The minimum atomic E-state index is -0.718. The molecule has 2 aromatic carbocycles. The van der Waals surface area contributed by atoms with Gasteiger partial charge in [-0.25, -0.2) is 9.97 Å². The smallest absolute Gasteiger partial charge is 0.242 e. The van der Waals surface area contributed by atoms with Gasteiger partial charge < -0.3 is 30.6 Å². The maximum atomic E-state index is 13.3. The molecular weight excluding hydrogens is 432 g/mol. The zero-order chi connectivity index (χ0) is 22.7. The fourth-order valence-electron chi connectivity index (χ4n) is 3.06. The number of nitrogens with two attached hydrogens (primary N) is 1. The summed E-state index contributed by atoms with van der Waals surface area (Å²) in [4.78, 5) is 28.8. The number of phenolic OH excluding ortho intramolecular Hbond substituents is 1. The topological polar surface area (TPSA) is 148 Å². The Balaban J connectivity index is 1.68. The number of thioether (sulfide) groups is 1. The van der Waals surface area contributed by atoms with Crippen molar-refractivity contribution in [2.45, 2.75) is 10.3 Å². The lowest BCUT2D eigenvalue weighted by Gasteiger charge is -2.18. The van der Waals surface area contributed by atoms with E-state index >= 15 is 0 Å². The van der Waals surface area contributed by atoms with Crippen molar-refractivity contribution in [1.29, 1.82) is 0 Å². The lowest BCUT2D eigenvalue weighted by atomic mass is 10.1. The van der Waals surface area contributed by atoms with Gasteiger partial charge in [0.25, 0.3) is 0 Å². The molecule has 2 aromatic heterocycles. The van der Waals surface area contributed by atoms with Crippen molar-refractivity contribution in [2.75, 3.05) is 25.3 Å². The van der Waals surface area contributed by atoms with Gasteiger partial charge in [0.1, 0.15) is 21.5 Å². The summed E-state index contributed by atoms with van der Waals surface area (Å²) < 4.78 is 10.6. The molecule has 0 unspecified atom stereocenters. The Kier molecular flexibility index (Phi) is 5.99. The van der Waals surface area contributed by atoms with Crippen LogP contribution in [-0.4, -0.2) is 45.2 Å². The van der Waals surface area contributed by atoms with Gasteiger partial charge in [-0.1, -0.05) is 23.9 Å². The van der Waals surface area contributed by atoms with Crippen molar-refractivity contribution in [3.05, 3.63) is 54.4 Å². The number of carbonyl (C=O) groups is 1. The number of anilines is 2. The number of hydrogen-bond donors (Lipinski definition) is 4. The molecule has 11 heteroatoms. The van der Waals surface area contributed by atoms with Crippen LogP contribution in [0.15, 0.2) is 53.8 Å². The van der Waals surface area contributed by atoms with Crippen molar-refractivity contribution in [1.82, 2.24) is 19.9 Å². The van der Waals surface area contributed by atoms with E-state index in [0.29, 0.717) is 38.9 Å². The summed E-state index contributed by atoms with van der Waals surface area (Å²) in [6.07, 6.45) is 1.49. The Morgan fingerprint density at radius 3 is 2.59 bits per heavy atom. The van der Waals surface area contributed by atoms with Crippen LogP contribution in [0.1, 0.15) is 10.8 Å². The van der Waals surface area contributed by atoms with Gasteiger partial charge in [0.2, 0.25) is 11.9 Å². The first-order chi connectivity index (χ1) is 15.5. The average Bonchev–Trinajstić information content (AvgIpc) is 3.26. The number of imidazole rings is 1. The Morgan fingerprint density at radius 2 is 1.88 bits per heavy atom. The zero-order valence-corrected chi connectivity index (χ0v) is 18.0. The van der Waals surface area contributed by atoms with Crippen LogP contribution in [0.5, 0.6) is 17.2 Å². The summed E-state index contributed by atoms with van der Waals surface area (Å²) in [5.41, 5.74) is 8.01. The number of aromatic hydroxyl groups is 1. The van der Waals surface area contributed by atoms with Gasteiger partial charge in [0, 0.05) is 11.8 Å². The van der Waals surface area contributed by atoms with Crippen molar-refractivity contribution >= 4 is 40.5 Å². The first-order valence-electron chi connectivity index (χ1n) is 9.43. The lowest BCUT2D eigenvalue weighted by Crippen LogP contribution is -2.19. The van der Waals surface area contributed by atoms with Crippen LogP contribution in [0.2, 0.25) is 0 Å². The molecule has 0 fully saturated rings.